The van der Waals surface area contributed by atoms with Crippen LogP contribution in [-0.2, 0) is 0 Å². The van der Waals surface area contributed by atoms with E-state index in [1.165, 1.54) is 5.56 Å². The van der Waals surface area contributed by atoms with E-state index in [9.17, 15) is 0 Å². The minimum atomic E-state index is 0.401. The SMILES string of the molecule is CCNc1ncnc(N(CC)CCCN(C)C)c1C(C)C. The number of hydrogen-bond donors (Lipinski definition) is 1. The zero-order valence-corrected chi connectivity index (χ0v) is 14.5. The summed E-state index contributed by atoms with van der Waals surface area (Å²) in [5.74, 6) is 2.46. The van der Waals surface area contributed by atoms with Crippen molar-refractivity contribution in [3.05, 3.63) is 11.9 Å². The lowest BCUT2D eigenvalue weighted by molar-refractivity contribution is 0.400. The monoisotopic (exact) mass is 293 g/mol. The fourth-order valence-electron chi connectivity index (χ4n) is 2.47. The zero-order valence-electron chi connectivity index (χ0n) is 14.5. The summed E-state index contributed by atoms with van der Waals surface area (Å²) in [4.78, 5) is 13.6. The minimum Gasteiger partial charge on any atom is -0.370 e. The van der Waals surface area contributed by atoms with Gasteiger partial charge in [0.15, 0.2) is 0 Å². The maximum Gasteiger partial charge on any atom is 0.137 e. The molecule has 21 heavy (non-hydrogen) atoms. The Labute approximate surface area is 129 Å². The van der Waals surface area contributed by atoms with Gasteiger partial charge < -0.3 is 15.1 Å². The molecule has 0 atom stereocenters. The van der Waals surface area contributed by atoms with E-state index in [0.717, 1.165) is 44.2 Å². The first-order chi connectivity index (χ1) is 10.0. The molecule has 0 aliphatic rings. The lowest BCUT2D eigenvalue weighted by Gasteiger charge is -2.27. The van der Waals surface area contributed by atoms with E-state index in [4.69, 9.17) is 0 Å². The lowest BCUT2D eigenvalue weighted by atomic mass is 10.0. The average molecular weight is 293 g/mol. The number of nitrogens with one attached hydrogen (secondary N) is 1. The van der Waals surface area contributed by atoms with Crippen molar-refractivity contribution in [2.24, 2.45) is 0 Å². The lowest BCUT2D eigenvalue weighted by Crippen LogP contribution is -2.29. The van der Waals surface area contributed by atoms with Gasteiger partial charge in [-0.05, 0) is 46.8 Å². The topological polar surface area (TPSA) is 44.3 Å². The normalized spacial score (nSPS) is 11.2. The van der Waals surface area contributed by atoms with Crippen LogP contribution in [0, 0.1) is 0 Å². The molecule has 0 aliphatic carbocycles. The summed E-state index contributed by atoms with van der Waals surface area (Å²) in [6.45, 7) is 12.7. The standard InChI is InChI=1S/C16H31N5/c1-7-17-15-14(13(3)4)16(19-12-18-15)21(8-2)11-9-10-20(5)6/h12-13H,7-11H2,1-6H3,(H,17,18,19). The Morgan fingerprint density at radius 1 is 1.14 bits per heavy atom. The van der Waals surface area contributed by atoms with E-state index < -0.39 is 0 Å². The van der Waals surface area contributed by atoms with E-state index in [2.05, 4.69) is 66.9 Å². The van der Waals surface area contributed by atoms with Gasteiger partial charge in [-0.15, -0.1) is 0 Å². The van der Waals surface area contributed by atoms with Crippen LogP contribution in [0.25, 0.3) is 0 Å². The van der Waals surface area contributed by atoms with Gasteiger partial charge >= 0.3 is 0 Å². The molecule has 0 amide bonds. The van der Waals surface area contributed by atoms with Crippen molar-refractivity contribution in [2.45, 2.75) is 40.0 Å². The van der Waals surface area contributed by atoms with E-state index in [1.54, 1.807) is 6.33 Å². The van der Waals surface area contributed by atoms with Crippen LogP contribution in [0.5, 0.6) is 0 Å². The first-order valence-corrected chi connectivity index (χ1v) is 7.99. The second-order valence-corrected chi connectivity index (χ2v) is 5.88. The maximum absolute atomic E-state index is 4.57. The fraction of sp³-hybridized carbons (Fsp3) is 0.750. The molecule has 0 aliphatic heterocycles. The van der Waals surface area contributed by atoms with Gasteiger partial charge in [-0.25, -0.2) is 9.97 Å². The van der Waals surface area contributed by atoms with E-state index in [0.29, 0.717) is 5.92 Å². The third kappa shape index (κ3) is 5.16. The van der Waals surface area contributed by atoms with Crippen molar-refractivity contribution in [3.8, 4) is 0 Å². The summed E-state index contributed by atoms with van der Waals surface area (Å²) >= 11 is 0. The first kappa shape index (κ1) is 17.7. The molecule has 0 radical (unpaired) electrons. The highest BCUT2D eigenvalue weighted by molar-refractivity contribution is 5.60. The molecular weight excluding hydrogens is 262 g/mol. The Morgan fingerprint density at radius 2 is 1.86 bits per heavy atom. The van der Waals surface area contributed by atoms with Crippen LogP contribution < -0.4 is 10.2 Å². The third-order valence-corrected chi connectivity index (χ3v) is 3.50. The van der Waals surface area contributed by atoms with E-state index >= 15 is 0 Å². The summed E-state index contributed by atoms with van der Waals surface area (Å²) in [6.07, 6.45) is 2.81. The van der Waals surface area contributed by atoms with Gasteiger partial charge in [0.2, 0.25) is 0 Å². The Kier molecular flexibility index (Phi) is 7.43. The fourth-order valence-corrected chi connectivity index (χ4v) is 2.47. The molecule has 0 saturated carbocycles. The van der Waals surface area contributed by atoms with Crippen molar-refractivity contribution in [1.82, 2.24) is 14.9 Å². The highest BCUT2D eigenvalue weighted by Gasteiger charge is 2.18. The summed E-state index contributed by atoms with van der Waals surface area (Å²) in [6, 6.07) is 0. The molecule has 5 heteroatoms. The van der Waals surface area contributed by atoms with E-state index in [1.807, 2.05) is 0 Å². The van der Waals surface area contributed by atoms with Crippen LogP contribution in [0.4, 0.5) is 11.6 Å². The van der Waals surface area contributed by atoms with Gasteiger partial charge in [-0.3, -0.25) is 0 Å². The molecule has 0 saturated heterocycles. The molecule has 1 aromatic heterocycles. The predicted octanol–water partition coefficient (Wildman–Crippen LogP) is 2.81. The zero-order chi connectivity index (χ0) is 15.8. The summed E-state index contributed by atoms with van der Waals surface area (Å²) < 4.78 is 0. The molecule has 0 spiro atoms. The number of anilines is 2. The van der Waals surface area contributed by atoms with Gasteiger partial charge in [0.25, 0.3) is 0 Å². The van der Waals surface area contributed by atoms with Gasteiger partial charge in [0, 0.05) is 25.2 Å². The first-order valence-electron chi connectivity index (χ1n) is 7.99. The number of aromatic nitrogens is 2. The van der Waals surface area contributed by atoms with Gasteiger partial charge in [0.1, 0.15) is 18.0 Å². The van der Waals surface area contributed by atoms with Crippen molar-refractivity contribution < 1.29 is 0 Å². The highest BCUT2D eigenvalue weighted by Crippen LogP contribution is 2.30. The summed E-state index contributed by atoms with van der Waals surface area (Å²) in [5, 5.41) is 3.37. The van der Waals surface area contributed by atoms with Gasteiger partial charge in [-0.1, -0.05) is 13.8 Å². The third-order valence-electron chi connectivity index (χ3n) is 3.50. The molecular formula is C16H31N5. The van der Waals surface area contributed by atoms with Crippen molar-refractivity contribution in [1.29, 1.82) is 0 Å². The average Bonchev–Trinajstić information content (AvgIpc) is 2.43. The largest absolute Gasteiger partial charge is 0.370 e. The number of hydrogen-bond acceptors (Lipinski definition) is 5. The Hall–Kier alpha value is -1.36. The van der Waals surface area contributed by atoms with Crippen molar-refractivity contribution in [2.75, 3.05) is 50.5 Å². The molecule has 0 aromatic carbocycles. The Balaban J connectivity index is 2.99. The Morgan fingerprint density at radius 3 is 2.38 bits per heavy atom. The van der Waals surface area contributed by atoms with E-state index in [-0.39, 0.29) is 0 Å². The quantitative estimate of drug-likeness (QED) is 0.758. The molecule has 1 N–H and O–H groups in total. The highest BCUT2D eigenvalue weighted by atomic mass is 15.2. The van der Waals surface area contributed by atoms with Crippen molar-refractivity contribution in [3.63, 3.8) is 0 Å². The predicted molar refractivity (Wildman–Crippen MR) is 91.3 cm³/mol. The summed E-state index contributed by atoms with van der Waals surface area (Å²) in [7, 11) is 4.23. The summed E-state index contributed by atoms with van der Waals surface area (Å²) in [5.41, 5.74) is 1.23. The molecule has 0 bridgehead atoms. The van der Waals surface area contributed by atoms with Gasteiger partial charge in [0.05, 0.1) is 0 Å². The number of rotatable bonds is 9. The van der Waals surface area contributed by atoms with Crippen LogP contribution in [0.15, 0.2) is 6.33 Å². The molecule has 0 unspecified atom stereocenters. The second-order valence-electron chi connectivity index (χ2n) is 5.88. The van der Waals surface area contributed by atoms with Crippen molar-refractivity contribution >= 4 is 11.6 Å². The van der Waals surface area contributed by atoms with Crippen LogP contribution in [0.2, 0.25) is 0 Å². The number of nitrogens with zero attached hydrogens (tertiary/aromatic N) is 4. The molecule has 120 valence electrons. The Bertz CT molecular complexity index is 417. The molecule has 1 aromatic rings. The molecule has 1 rings (SSSR count). The molecule has 5 nitrogen and oxygen atoms in total. The van der Waals surface area contributed by atoms with Gasteiger partial charge in [-0.2, -0.15) is 0 Å². The van der Waals surface area contributed by atoms with Crippen LogP contribution in [0.3, 0.4) is 0 Å². The minimum absolute atomic E-state index is 0.401. The van der Waals surface area contributed by atoms with Crippen LogP contribution >= 0.6 is 0 Å². The smallest absolute Gasteiger partial charge is 0.137 e. The van der Waals surface area contributed by atoms with Crippen LogP contribution in [-0.4, -0.2) is 55.1 Å². The van der Waals surface area contributed by atoms with Crippen LogP contribution in [0.1, 0.15) is 45.6 Å². The second kappa shape index (κ2) is 8.82. The molecule has 1 heterocycles. The molecule has 0 fully saturated rings. The maximum atomic E-state index is 4.57.